The minimum absolute atomic E-state index is 0.174. The summed E-state index contributed by atoms with van der Waals surface area (Å²) in [6.45, 7) is 1.78. The molecule has 2 N–H and O–H groups in total. The fourth-order valence-electron chi connectivity index (χ4n) is 1.44. The van der Waals surface area contributed by atoms with E-state index in [0.717, 1.165) is 10.9 Å². The van der Waals surface area contributed by atoms with Crippen molar-refractivity contribution >= 4 is 28.5 Å². The van der Waals surface area contributed by atoms with Crippen molar-refractivity contribution in [1.82, 2.24) is 0 Å². The third kappa shape index (κ3) is 1.17. The summed E-state index contributed by atoms with van der Waals surface area (Å²) in [6, 6.07) is 5.35. The first-order valence-electron chi connectivity index (χ1n) is 4.08. The number of carbonyl (C=O) groups excluding carboxylic acids is 1. The van der Waals surface area contributed by atoms with Gasteiger partial charge in [0.25, 0.3) is 5.91 Å². The molecule has 1 amide bonds. The van der Waals surface area contributed by atoms with Crippen LogP contribution in [0.2, 0.25) is 5.02 Å². The van der Waals surface area contributed by atoms with Crippen molar-refractivity contribution in [3.05, 3.63) is 34.5 Å². The number of para-hydroxylation sites is 1. The van der Waals surface area contributed by atoms with Crippen molar-refractivity contribution < 1.29 is 9.21 Å². The Hall–Kier alpha value is -1.48. The summed E-state index contributed by atoms with van der Waals surface area (Å²) in [7, 11) is 0. The van der Waals surface area contributed by atoms with E-state index in [2.05, 4.69) is 0 Å². The van der Waals surface area contributed by atoms with Crippen molar-refractivity contribution in [3.63, 3.8) is 0 Å². The van der Waals surface area contributed by atoms with Gasteiger partial charge in [0.2, 0.25) is 0 Å². The van der Waals surface area contributed by atoms with Crippen LogP contribution in [0.1, 0.15) is 16.1 Å². The summed E-state index contributed by atoms with van der Waals surface area (Å²) < 4.78 is 5.28. The fourth-order valence-corrected chi connectivity index (χ4v) is 1.66. The first-order chi connectivity index (χ1) is 6.61. The third-order valence-corrected chi connectivity index (χ3v) is 2.44. The highest BCUT2D eigenvalue weighted by Gasteiger charge is 2.15. The molecule has 72 valence electrons. The van der Waals surface area contributed by atoms with E-state index in [4.69, 9.17) is 21.8 Å². The fraction of sp³-hybridized carbons (Fsp3) is 0.100. The number of fused-ring (bicyclic) bond motifs is 1. The summed E-state index contributed by atoms with van der Waals surface area (Å²) in [5, 5.41) is 1.31. The maximum absolute atomic E-state index is 11.0. The van der Waals surface area contributed by atoms with Crippen LogP contribution in [-0.2, 0) is 0 Å². The molecule has 0 aliphatic carbocycles. The molecule has 0 unspecified atom stereocenters. The summed E-state index contributed by atoms with van der Waals surface area (Å²) >= 11 is 5.90. The Morgan fingerprint density at radius 3 is 2.79 bits per heavy atom. The average Bonchev–Trinajstić information content (AvgIpc) is 2.46. The Balaban J connectivity index is 2.86. The lowest BCUT2D eigenvalue weighted by atomic mass is 10.1. The van der Waals surface area contributed by atoms with Crippen molar-refractivity contribution in [1.29, 1.82) is 0 Å². The third-order valence-electron chi connectivity index (χ3n) is 2.14. The van der Waals surface area contributed by atoms with Gasteiger partial charge in [0.1, 0.15) is 0 Å². The molecule has 0 spiro atoms. The van der Waals surface area contributed by atoms with E-state index in [1.165, 1.54) is 0 Å². The quantitative estimate of drug-likeness (QED) is 0.785. The highest BCUT2D eigenvalue weighted by molar-refractivity contribution is 6.35. The lowest BCUT2D eigenvalue weighted by Crippen LogP contribution is -2.10. The molecule has 1 heterocycles. The predicted octanol–water partition coefficient (Wildman–Crippen LogP) is 2.49. The van der Waals surface area contributed by atoms with Crippen LogP contribution in [0.15, 0.2) is 22.6 Å². The SMILES string of the molecule is Cc1c(C(N)=O)oc2c(Cl)cccc12. The van der Waals surface area contributed by atoms with E-state index in [-0.39, 0.29) is 5.76 Å². The largest absolute Gasteiger partial charge is 0.449 e. The molecule has 2 aromatic rings. The molecule has 0 bridgehead atoms. The maximum atomic E-state index is 11.0. The first kappa shape index (κ1) is 9.09. The van der Waals surface area contributed by atoms with Gasteiger partial charge in [-0.25, -0.2) is 0 Å². The van der Waals surface area contributed by atoms with Gasteiger partial charge in [-0.3, -0.25) is 4.79 Å². The van der Waals surface area contributed by atoms with E-state index >= 15 is 0 Å². The zero-order chi connectivity index (χ0) is 10.3. The van der Waals surface area contributed by atoms with E-state index < -0.39 is 5.91 Å². The molecule has 1 aromatic heterocycles. The van der Waals surface area contributed by atoms with Gasteiger partial charge in [-0.15, -0.1) is 0 Å². The number of benzene rings is 1. The normalized spacial score (nSPS) is 10.7. The smallest absolute Gasteiger partial charge is 0.284 e. The average molecular weight is 210 g/mol. The molecule has 2 rings (SSSR count). The number of carbonyl (C=O) groups is 1. The first-order valence-corrected chi connectivity index (χ1v) is 4.46. The van der Waals surface area contributed by atoms with Crippen LogP contribution in [-0.4, -0.2) is 5.91 Å². The number of halogens is 1. The molecule has 14 heavy (non-hydrogen) atoms. The molecular formula is C10H8ClNO2. The van der Waals surface area contributed by atoms with Crippen molar-refractivity contribution in [2.24, 2.45) is 5.73 Å². The number of primary amides is 1. The van der Waals surface area contributed by atoms with E-state index in [1.807, 2.05) is 6.07 Å². The lowest BCUT2D eigenvalue weighted by molar-refractivity contribution is 0.0975. The number of amides is 1. The minimum atomic E-state index is -0.574. The molecule has 0 atom stereocenters. The second-order valence-electron chi connectivity index (χ2n) is 3.04. The molecule has 0 saturated carbocycles. The van der Waals surface area contributed by atoms with Crippen LogP contribution in [0, 0.1) is 6.92 Å². The van der Waals surface area contributed by atoms with Crippen LogP contribution in [0.5, 0.6) is 0 Å². The topological polar surface area (TPSA) is 56.2 Å². The zero-order valence-corrected chi connectivity index (χ0v) is 8.26. The Morgan fingerprint density at radius 1 is 1.50 bits per heavy atom. The molecule has 0 radical (unpaired) electrons. The Bertz CT molecular complexity index is 516. The van der Waals surface area contributed by atoms with Gasteiger partial charge >= 0.3 is 0 Å². The second-order valence-corrected chi connectivity index (χ2v) is 3.44. The van der Waals surface area contributed by atoms with E-state index in [0.29, 0.717) is 10.6 Å². The van der Waals surface area contributed by atoms with Crippen LogP contribution in [0.4, 0.5) is 0 Å². The monoisotopic (exact) mass is 209 g/mol. The van der Waals surface area contributed by atoms with Crippen LogP contribution < -0.4 is 5.73 Å². The highest BCUT2D eigenvalue weighted by atomic mass is 35.5. The van der Waals surface area contributed by atoms with Crippen LogP contribution in [0.25, 0.3) is 11.0 Å². The maximum Gasteiger partial charge on any atom is 0.284 e. The van der Waals surface area contributed by atoms with Crippen molar-refractivity contribution in [3.8, 4) is 0 Å². The minimum Gasteiger partial charge on any atom is -0.449 e. The lowest BCUT2D eigenvalue weighted by Gasteiger charge is -1.90. The molecule has 0 aliphatic heterocycles. The Labute approximate surface area is 85.4 Å². The van der Waals surface area contributed by atoms with Gasteiger partial charge in [0.15, 0.2) is 11.3 Å². The van der Waals surface area contributed by atoms with E-state index in [9.17, 15) is 4.79 Å². The zero-order valence-electron chi connectivity index (χ0n) is 7.50. The van der Waals surface area contributed by atoms with Crippen molar-refractivity contribution in [2.45, 2.75) is 6.92 Å². The predicted molar refractivity (Wildman–Crippen MR) is 54.5 cm³/mol. The highest BCUT2D eigenvalue weighted by Crippen LogP contribution is 2.30. The number of nitrogens with two attached hydrogens (primary N) is 1. The molecule has 1 aromatic carbocycles. The molecule has 3 nitrogen and oxygen atoms in total. The summed E-state index contributed by atoms with van der Waals surface area (Å²) in [4.78, 5) is 11.0. The van der Waals surface area contributed by atoms with Gasteiger partial charge in [-0.1, -0.05) is 23.7 Å². The van der Waals surface area contributed by atoms with E-state index in [1.54, 1.807) is 19.1 Å². The van der Waals surface area contributed by atoms with Crippen LogP contribution in [0.3, 0.4) is 0 Å². The van der Waals surface area contributed by atoms with Crippen LogP contribution >= 0.6 is 11.6 Å². The van der Waals surface area contributed by atoms with Gasteiger partial charge in [-0.05, 0) is 13.0 Å². The number of hydrogen-bond acceptors (Lipinski definition) is 2. The van der Waals surface area contributed by atoms with Gasteiger partial charge in [0, 0.05) is 10.9 Å². The summed E-state index contributed by atoms with van der Waals surface area (Å²) in [5.41, 5.74) is 6.40. The molecule has 0 fully saturated rings. The van der Waals surface area contributed by atoms with Crippen molar-refractivity contribution in [2.75, 3.05) is 0 Å². The molecule has 0 saturated heterocycles. The molecule has 0 aliphatic rings. The Kier molecular flexibility index (Phi) is 1.97. The summed E-state index contributed by atoms with van der Waals surface area (Å²) in [5.74, 6) is -0.400. The number of rotatable bonds is 1. The summed E-state index contributed by atoms with van der Waals surface area (Å²) in [6.07, 6.45) is 0. The Morgan fingerprint density at radius 2 is 2.21 bits per heavy atom. The standard InChI is InChI=1S/C10H8ClNO2/c1-5-6-3-2-4-7(11)9(6)14-8(5)10(12)13/h2-4H,1H3,(H2,12,13). The van der Waals surface area contributed by atoms with Gasteiger partial charge in [0.05, 0.1) is 5.02 Å². The van der Waals surface area contributed by atoms with Gasteiger partial charge in [-0.2, -0.15) is 0 Å². The second kappa shape index (κ2) is 3.03. The number of hydrogen-bond donors (Lipinski definition) is 1. The van der Waals surface area contributed by atoms with Gasteiger partial charge < -0.3 is 10.2 Å². The number of aryl methyl sites for hydroxylation is 1. The molecular weight excluding hydrogens is 202 g/mol. The number of furan rings is 1. The molecule has 4 heteroatoms.